The Labute approximate surface area is 127 Å². The van der Waals surface area contributed by atoms with Gasteiger partial charge in [0.05, 0.1) is 0 Å². The number of halogens is 2. The SMILES string of the molecule is O=C1CCCc2c(OCc3cc(Cl)ccc3F)cccc21. The van der Waals surface area contributed by atoms with E-state index >= 15 is 0 Å². The number of hydrogen-bond acceptors (Lipinski definition) is 2. The highest BCUT2D eigenvalue weighted by Crippen LogP contribution is 2.30. The quantitative estimate of drug-likeness (QED) is 0.830. The highest BCUT2D eigenvalue weighted by Gasteiger charge is 2.20. The van der Waals surface area contributed by atoms with Crippen LogP contribution >= 0.6 is 11.6 Å². The van der Waals surface area contributed by atoms with Gasteiger partial charge in [0.2, 0.25) is 0 Å². The molecular formula is C17H14ClFO2. The molecule has 0 N–H and O–H groups in total. The number of ketones is 1. The van der Waals surface area contributed by atoms with Gasteiger partial charge in [-0.2, -0.15) is 0 Å². The van der Waals surface area contributed by atoms with Crippen LogP contribution in [0.3, 0.4) is 0 Å². The van der Waals surface area contributed by atoms with Gasteiger partial charge in [-0.1, -0.05) is 23.7 Å². The van der Waals surface area contributed by atoms with Crippen molar-refractivity contribution >= 4 is 17.4 Å². The number of rotatable bonds is 3. The van der Waals surface area contributed by atoms with Crippen molar-refractivity contribution in [3.05, 3.63) is 63.9 Å². The smallest absolute Gasteiger partial charge is 0.163 e. The Balaban J connectivity index is 1.84. The fraction of sp³-hybridized carbons (Fsp3) is 0.235. The summed E-state index contributed by atoms with van der Waals surface area (Å²) in [4.78, 5) is 11.9. The molecule has 2 aromatic rings. The van der Waals surface area contributed by atoms with Crippen molar-refractivity contribution in [2.75, 3.05) is 0 Å². The summed E-state index contributed by atoms with van der Waals surface area (Å²) < 4.78 is 19.4. The van der Waals surface area contributed by atoms with Crippen LogP contribution in [0.1, 0.15) is 34.3 Å². The highest BCUT2D eigenvalue weighted by molar-refractivity contribution is 6.30. The van der Waals surface area contributed by atoms with Gasteiger partial charge in [-0.25, -0.2) is 4.39 Å². The number of fused-ring (bicyclic) bond motifs is 1. The van der Waals surface area contributed by atoms with Gasteiger partial charge < -0.3 is 4.74 Å². The van der Waals surface area contributed by atoms with Crippen LogP contribution in [0.15, 0.2) is 36.4 Å². The van der Waals surface area contributed by atoms with Gasteiger partial charge in [-0.05, 0) is 37.1 Å². The van der Waals surface area contributed by atoms with Crippen LogP contribution < -0.4 is 4.74 Å². The lowest BCUT2D eigenvalue weighted by Crippen LogP contribution is -2.12. The first-order valence-corrected chi connectivity index (χ1v) is 7.25. The van der Waals surface area contributed by atoms with Gasteiger partial charge >= 0.3 is 0 Å². The van der Waals surface area contributed by atoms with Crippen LogP contribution in [-0.4, -0.2) is 5.78 Å². The fourth-order valence-corrected chi connectivity index (χ4v) is 2.78. The Morgan fingerprint density at radius 2 is 2.05 bits per heavy atom. The van der Waals surface area contributed by atoms with Crippen LogP contribution in [-0.2, 0) is 13.0 Å². The summed E-state index contributed by atoms with van der Waals surface area (Å²) in [5.41, 5.74) is 2.06. The van der Waals surface area contributed by atoms with E-state index in [4.69, 9.17) is 16.3 Å². The van der Waals surface area contributed by atoms with Crippen LogP contribution in [0, 0.1) is 5.82 Å². The van der Waals surface area contributed by atoms with Gasteiger partial charge in [-0.15, -0.1) is 0 Å². The van der Waals surface area contributed by atoms with Crippen molar-refractivity contribution < 1.29 is 13.9 Å². The molecule has 0 aromatic heterocycles. The molecule has 0 bridgehead atoms. The Morgan fingerprint density at radius 1 is 1.19 bits per heavy atom. The van der Waals surface area contributed by atoms with Gasteiger partial charge in [0, 0.05) is 28.1 Å². The normalized spacial score (nSPS) is 13.9. The van der Waals surface area contributed by atoms with Crippen LogP contribution in [0.25, 0.3) is 0 Å². The third-order valence-electron chi connectivity index (χ3n) is 3.66. The summed E-state index contributed by atoms with van der Waals surface area (Å²) in [6.45, 7) is 0.0943. The lowest BCUT2D eigenvalue weighted by molar-refractivity contribution is 0.0971. The van der Waals surface area contributed by atoms with Gasteiger partial charge in [0.1, 0.15) is 18.2 Å². The zero-order valence-corrected chi connectivity index (χ0v) is 12.1. The third kappa shape index (κ3) is 2.93. The van der Waals surface area contributed by atoms with E-state index in [2.05, 4.69) is 0 Å². The third-order valence-corrected chi connectivity index (χ3v) is 3.89. The molecule has 0 fully saturated rings. The first-order valence-electron chi connectivity index (χ1n) is 6.87. The molecule has 0 spiro atoms. The molecule has 0 atom stereocenters. The molecule has 0 saturated heterocycles. The average Bonchev–Trinajstić information content (AvgIpc) is 2.49. The first kappa shape index (κ1) is 14.1. The lowest BCUT2D eigenvalue weighted by atomic mass is 9.90. The Hall–Kier alpha value is -1.87. The predicted molar refractivity (Wildman–Crippen MR) is 79.5 cm³/mol. The minimum atomic E-state index is -0.347. The van der Waals surface area contributed by atoms with Crippen LogP contribution in [0.2, 0.25) is 5.02 Å². The summed E-state index contributed by atoms with van der Waals surface area (Å²) in [6.07, 6.45) is 2.23. The topological polar surface area (TPSA) is 26.3 Å². The van der Waals surface area contributed by atoms with Crippen LogP contribution in [0.5, 0.6) is 5.75 Å². The predicted octanol–water partition coefficient (Wildman–Crippen LogP) is 4.58. The molecule has 0 saturated carbocycles. The van der Waals surface area contributed by atoms with Crippen molar-refractivity contribution in [2.24, 2.45) is 0 Å². The van der Waals surface area contributed by atoms with Gasteiger partial charge in [0.25, 0.3) is 0 Å². The molecule has 0 radical (unpaired) electrons. The monoisotopic (exact) mass is 304 g/mol. The summed E-state index contributed by atoms with van der Waals surface area (Å²) in [6, 6.07) is 9.82. The molecule has 0 heterocycles. The van der Waals surface area contributed by atoms with Crippen molar-refractivity contribution in [3.8, 4) is 5.75 Å². The summed E-state index contributed by atoms with van der Waals surface area (Å²) in [7, 11) is 0. The standard InChI is InChI=1S/C17H14ClFO2/c18-12-7-8-15(19)11(9-12)10-21-17-6-2-3-13-14(17)4-1-5-16(13)20/h2-3,6-9H,1,4-5,10H2. The molecule has 3 rings (SSSR count). The minimum Gasteiger partial charge on any atom is -0.488 e. The second-order valence-electron chi connectivity index (χ2n) is 5.08. The molecule has 0 unspecified atom stereocenters. The number of ether oxygens (including phenoxy) is 1. The molecule has 1 aliphatic rings. The maximum atomic E-state index is 13.7. The Morgan fingerprint density at radius 3 is 2.90 bits per heavy atom. The zero-order valence-electron chi connectivity index (χ0n) is 11.4. The van der Waals surface area contributed by atoms with E-state index in [1.807, 2.05) is 12.1 Å². The maximum Gasteiger partial charge on any atom is 0.163 e. The second kappa shape index (κ2) is 5.86. The average molecular weight is 305 g/mol. The van der Waals surface area contributed by atoms with E-state index in [9.17, 15) is 9.18 Å². The first-order chi connectivity index (χ1) is 10.1. The zero-order chi connectivity index (χ0) is 14.8. The number of carbonyl (C=O) groups is 1. The largest absolute Gasteiger partial charge is 0.488 e. The van der Waals surface area contributed by atoms with E-state index in [-0.39, 0.29) is 18.2 Å². The van der Waals surface area contributed by atoms with E-state index in [1.54, 1.807) is 12.1 Å². The molecule has 4 heteroatoms. The van der Waals surface area contributed by atoms with Crippen molar-refractivity contribution in [3.63, 3.8) is 0 Å². The minimum absolute atomic E-state index is 0.0943. The molecule has 2 nitrogen and oxygen atoms in total. The summed E-state index contributed by atoms with van der Waals surface area (Å²) >= 11 is 5.87. The summed E-state index contributed by atoms with van der Waals surface area (Å²) in [5, 5.41) is 0.472. The number of hydrogen-bond donors (Lipinski definition) is 0. The Kier molecular flexibility index (Phi) is 3.93. The summed E-state index contributed by atoms with van der Waals surface area (Å²) in [5.74, 6) is 0.454. The van der Waals surface area contributed by atoms with Crippen molar-refractivity contribution in [1.82, 2.24) is 0 Å². The van der Waals surface area contributed by atoms with Crippen molar-refractivity contribution in [2.45, 2.75) is 25.9 Å². The number of benzene rings is 2. The second-order valence-corrected chi connectivity index (χ2v) is 5.52. The van der Waals surface area contributed by atoms with Crippen molar-refractivity contribution in [1.29, 1.82) is 0 Å². The number of carbonyl (C=O) groups excluding carboxylic acids is 1. The molecule has 21 heavy (non-hydrogen) atoms. The molecular weight excluding hydrogens is 291 g/mol. The van der Waals surface area contributed by atoms with Crippen LogP contribution in [0.4, 0.5) is 4.39 Å². The van der Waals surface area contributed by atoms with E-state index < -0.39 is 0 Å². The van der Waals surface area contributed by atoms with Gasteiger partial charge in [-0.3, -0.25) is 4.79 Å². The highest BCUT2D eigenvalue weighted by atomic mass is 35.5. The van der Waals surface area contributed by atoms with E-state index in [1.165, 1.54) is 12.1 Å². The molecule has 0 aliphatic heterocycles. The van der Waals surface area contributed by atoms with E-state index in [0.29, 0.717) is 22.8 Å². The molecule has 108 valence electrons. The molecule has 1 aliphatic carbocycles. The molecule has 2 aromatic carbocycles. The van der Waals surface area contributed by atoms with E-state index in [0.717, 1.165) is 24.0 Å². The van der Waals surface area contributed by atoms with Gasteiger partial charge in [0.15, 0.2) is 5.78 Å². The Bertz CT molecular complexity index is 697. The molecule has 0 amide bonds. The fourth-order valence-electron chi connectivity index (χ4n) is 2.59. The lowest BCUT2D eigenvalue weighted by Gasteiger charge is -2.18. The maximum absolute atomic E-state index is 13.7. The number of Topliss-reactive ketones (excluding diaryl/α,β-unsaturated/α-hetero) is 1.